The van der Waals surface area contributed by atoms with Crippen molar-refractivity contribution in [2.45, 2.75) is 0 Å². The Morgan fingerprint density at radius 1 is 0.900 bits per heavy atom. The third-order valence-corrected chi connectivity index (χ3v) is 2.35. The van der Waals surface area contributed by atoms with Gasteiger partial charge in [-0.15, -0.1) is 0 Å². The van der Waals surface area contributed by atoms with Crippen LogP contribution in [-0.4, -0.2) is 37.7 Å². The topological polar surface area (TPSA) is 72.2 Å². The second-order valence-corrected chi connectivity index (χ2v) is 3.37. The molecule has 0 unspecified atom stereocenters. The van der Waals surface area contributed by atoms with E-state index in [4.69, 9.17) is 18.7 Å². The Morgan fingerprint density at radius 3 is 1.80 bits per heavy atom. The third kappa shape index (κ3) is 12.7. The molecule has 106 valence electrons. The van der Waals surface area contributed by atoms with Gasteiger partial charge in [0, 0.05) is 37.0 Å². The first-order valence-corrected chi connectivity index (χ1v) is 5.40. The van der Waals surface area contributed by atoms with Gasteiger partial charge in [-0.3, -0.25) is 4.90 Å². The predicted molar refractivity (Wildman–Crippen MR) is 63.8 cm³/mol. The van der Waals surface area contributed by atoms with Crippen LogP contribution in [0.1, 0.15) is 0 Å². The monoisotopic (exact) mass is 313 g/mol. The molecule has 1 heterocycles. The van der Waals surface area contributed by atoms with Crippen molar-refractivity contribution < 1.29 is 36.1 Å². The summed E-state index contributed by atoms with van der Waals surface area (Å²) in [7, 11) is 0. The van der Waals surface area contributed by atoms with Crippen LogP contribution in [0.25, 0.3) is 0 Å². The molecule has 0 aromatic heterocycles. The van der Waals surface area contributed by atoms with Crippen LogP contribution in [0.15, 0.2) is 0 Å². The first kappa shape index (κ1) is 24.7. The Bertz CT molecular complexity index is 213. The van der Waals surface area contributed by atoms with Gasteiger partial charge in [-0.1, -0.05) is 0 Å². The van der Waals surface area contributed by atoms with Crippen molar-refractivity contribution >= 4 is 0 Å². The number of ether oxygens (including phenoxy) is 1. The van der Waals surface area contributed by atoms with Crippen LogP contribution >= 0.6 is 0 Å². The average molecular weight is 313 g/mol. The molecular weight excluding hydrogens is 298 g/mol. The van der Waals surface area contributed by atoms with E-state index in [-0.39, 0.29) is 17.4 Å². The zero-order valence-corrected chi connectivity index (χ0v) is 12.2. The van der Waals surface area contributed by atoms with Crippen molar-refractivity contribution in [2.75, 3.05) is 32.8 Å². The molecule has 0 atom stereocenters. The number of morpholine rings is 1. The maximum atomic E-state index is 7.50. The van der Waals surface area contributed by atoms with Gasteiger partial charge in [0.15, 0.2) is 0 Å². The fraction of sp³-hybridized carbons (Fsp3) is 0.357. The maximum Gasteiger partial charge on any atom is 0.0594 e. The van der Waals surface area contributed by atoms with Crippen molar-refractivity contribution in [2.24, 2.45) is 0 Å². The summed E-state index contributed by atoms with van der Waals surface area (Å²) < 4.78 is 27.8. The Kier molecular flexibility index (Phi) is 25.9. The molecule has 0 aromatic rings. The van der Waals surface area contributed by atoms with E-state index in [0.29, 0.717) is 0 Å². The summed E-state index contributed by atoms with van der Waals surface area (Å²) in [5.41, 5.74) is 0. The van der Waals surface area contributed by atoms with E-state index in [2.05, 4.69) is 57.0 Å². The van der Waals surface area contributed by atoms with Gasteiger partial charge in [0.05, 0.1) is 13.2 Å². The summed E-state index contributed by atoms with van der Waals surface area (Å²) in [5, 5.41) is 0. The average Bonchev–Trinajstić information content (AvgIpc) is 2.55. The van der Waals surface area contributed by atoms with Crippen LogP contribution in [0, 0.1) is 58.0 Å². The predicted octanol–water partition coefficient (Wildman–Crippen LogP) is 0.813. The molecule has 2 fully saturated rings. The van der Waals surface area contributed by atoms with Crippen LogP contribution < -0.4 is 0 Å². The van der Waals surface area contributed by atoms with Crippen molar-refractivity contribution in [3.8, 4) is 0 Å². The summed E-state index contributed by atoms with van der Waals surface area (Å²) in [4.78, 5) is 2.43. The van der Waals surface area contributed by atoms with Crippen LogP contribution in [-0.2, 0) is 36.1 Å². The summed E-state index contributed by atoms with van der Waals surface area (Å²) in [6.45, 7) is 18.5. The summed E-state index contributed by atoms with van der Waals surface area (Å²) >= 11 is 0. The van der Waals surface area contributed by atoms with Crippen LogP contribution in [0.5, 0.6) is 0 Å². The molecule has 20 heavy (non-hydrogen) atoms. The zero-order valence-electron chi connectivity index (χ0n) is 10.9. The van der Waals surface area contributed by atoms with Crippen LogP contribution in [0.2, 0.25) is 0 Å². The Balaban J connectivity index is -0.000000368. The van der Waals surface area contributed by atoms with Crippen LogP contribution in [0.3, 0.4) is 0 Å². The fourth-order valence-corrected chi connectivity index (χ4v) is 1.60. The summed E-state index contributed by atoms with van der Waals surface area (Å²) in [5.74, 6) is 1.39. The van der Waals surface area contributed by atoms with Gasteiger partial charge in [0.2, 0.25) is 0 Å². The molecule has 1 aliphatic heterocycles. The zero-order chi connectivity index (χ0) is 14.9. The van der Waals surface area contributed by atoms with Crippen molar-refractivity contribution in [1.82, 2.24) is 4.90 Å². The van der Waals surface area contributed by atoms with E-state index in [0.717, 1.165) is 32.8 Å². The molecule has 1 saturated heterocycles. The molecule has 2 rings (SSSR count). The van der Waals surface area contributed by atoms with E-state index in [1.165, 1.54) is 5.92 Å². The minimum absolute atomic E-state index is 0. The number of hydrogen-bond donors (Lipinski definition) is 0. The van der Waals surface area contributed by atoms with Gasteiger partial charge in [0.1, 0.15) is 0 Å². The van der Waals surface area contributed by atoms with Gasteiger partial charge in [-0.25, -0.2) is 0 Å². The van der Waals surface area contributed by atoms with Crippen molar-refractivity contribution in [1.29, 1.82) is 0 Å². The van der Waals surface area contributed by atoms with Gasteiger partial charge in [-0.05, 0) is 38.0 Å². The van der Waals surface area contributed by atoms with Gasteiger partial charge < -0.3 is 4.74 Å². The Hall–Kier alpha value is -0.328. The van der Waals surface area contributed by atoms with E-state index in [9.17, 15) is 0 Å². The second kappa shape index (κ2) is 21.0. The molecule has 0 spiro atoms. The quantitative estimate of drug-likeness (QED) is 0.559. The molecule has 6 radical (unpaired) electrons. The SMILES string of the molecule is [C-]#[O+].[C-]#[O+].[C-]#[O+].[CH]1[CH][CH][C](CN2CCOCC2)[CH][CH]1.[Cr]. The molecule has 0 aromatic carbocycles. The van der Waals surface area contributed by atoms with E-state index < -0.39 is 0 Å². The number of hydrogen-bond acceptors (Lipinski definition) is 2. The first-order chi connectivity index (χ1) is 9.45. The first-order valence-electron chi connectivity index (χ1n) is 5.40. The molecule has 1 saturated carbocycles. The minimum atomic E-state index is 0. The van der Waals surface area contributed by atoms with E-state index in [1.54, 1.807) is 0 Å². The second-order valence-electron chi connectivity index (χ2n) is 3.37. The Morgan fingerprint density at radius 2 is 1.35 bits per heavy atom. The molecular formula is C14H15CrNO4. The standard InChI is InChI=1S/C11H15NO.3CO.Cr/c1-2-4-11(5-3-1)10-12-6-8-13-9-7-12;3*1-2;/h1-5H,6-10H2;;;;. The van der Waals surface area contributed by atoms with Gasteiger partial charge in [0.25, 0.3) is 0 Å². The molecule has 0 amide bonds. The summed E-state index contributed by atoms with van der Waals surface area (Å²) in [6.07, 6.45) is 10.6. The molecule has 2 aliphatic rings. The summed E-state index contributed by atoms with van der Waals surface area (Å²) in [6, 6.07) is 0. The van der Waals surface area contributed by atoms with Crippen molar-refractivity contribution in [3.63, 3.8) is 0 Å². The Labute approximate surface area is 132 Å². The number of nitrogens with zero attached hydrogens (tertiary/aromatic N) is 1. The molecule has 5 nitrogen and oxygen atoms in total. The maximum absolute atomic E-state index is 7.50. The molecule has 1 aliphatic carbocycles. The van der Waals surface area contributed by atoms with Crippen LogP contribution in [0.4, 0.5) is 0 Å². The van der Waals surface area contributed by atoms with E-state index in [1.807, 2.05) is 0 Å². The fourth-order valence-electron chi connectivity index (χ4n) is 1.60. The largest absolute Gasteiger partial charge is 0.379 e. The van der Waals surface area contributed by atoms with E-state index >= 15 is 0 Å². The number of rotatable bonds is 2. The smallest absolute Gasteiger partial charge is 0.0594 e. The molecule has 0 N–H and O–H groups in total. The van der Waals surface area contributed by atoms with Crippen molar-refractivity contribution in [3.05, 3.63) is 58.0 Å². The minimum Gasteiger partial charge on any atom is -0.379 e. The molecule has 0 bridgehead atoms. The third-order valence-electron chi connectivity index (χ3n) is 2.35. The van der Waals surface area contributed by atoms with Gasteiger partial charge in [-0.2, -0.15) is 0 Å². The molecule has 6 heteroatoms. The van der Waals surface area contributed by atoms with Gasteiger partial charge >= 0.3 is 33.9 Å². The normalized spacial score (nSPS) is 18.3.